The fourth-order valence-corrected chi connectivity index (χ4v) is 3.49. The van der Waals surface area contributed by atoms with Gasteiger partial charge in [-0.2, -0.15) is 0 Å². The van der Waals surface area contributed by atoms with E-state index in [-0.39, 0.29) is 11.9 Å². The number of ether oxygens (including phenoxy) is 1. The van der Waals surface area contributed by atoms with E-state index in [9.17, 15) is 4.79 Å². The predicted octanol–water partition coefficient (Wildman–Crippen LogP) is 4.76. The van der Waals surface area contributed by atoms with E-state index in [1.54, 1.807) is 0 Å². The Labute approximate surface area is 147 Å². The molecular formula is C19H16BrNO3. The molecule has 5 heteroatoms. The molecule has 0 fully saturated rings. The second kappa shape index (κ2) is 5.98. The number of rotatable bonds is 2. The second-order valence-corrected chi connectivity index (χ2v) is 6.81. The molecule has 0 saturated heterocycles. The molecule has 122 valence electrons. The third kappa shape index (κ3) is 2.59. The minimum atomic E-state index is -0.193. The molecule has 0 bridgehead atoms. The average molecular weight is 386 g/mol. The third-order valence-corrected chi connectivity index (χ3v) is 4.86. The van der Waals surface area contributed by atoms with E-state index in [1.165, 1.54) is 0 Å². The van der Waals surface area contributed by atoms with Crippen LogP contribution in [0.2, 0.25) is 0 Å². The molecule has 0 unspecified atom stereocenters. The van der Waals surface area contributed by atoms with Crippen LogP contribution in [0.4, 0.5) is 0 Å². The summed E-state index contributed by atoms with van der Waals surface area (Å²) >= 11 is 3.45. The summed E-state index contributed by atoms with van der Waals surface area (Å²) in [6.07, 6.45) is 0.744. The van der Waals surface area contributed by atoms with Crippen LogP contribution in [0, 0.1) is 6.92 Å². The van der Waals surface area contributed by atoms with Crippen LogP contribution in [0.15, 0.2) is 51.4 Å². The Morgan fingerprint density at radius 2 is 2.08 bits per heavy atom. The molecule has 1 aliphatic heterocycles. The van der Waals surface area contributed by atoms with Crippen LogP contribution in [-0.2, 0) is 0 Å². The summed E-state index contributed by atoms with van der Waals surface area (Å²) in [4.78, 5) is 12.7. The molecule has 1 atom stereocenters. The van der Waals surface area contributed by atoms with Gasteiger partial charge in [0, 0.05) is 27.4 Å². The van der Waals surface area contributed by atoms with Crippen molar-refractivity contribution in [3.8, 4) is 5.75 Å². The zero-order valence-electron chi connectivity index (χ0n) is 13.1. The molecule has 1 N–H and O–H groups in total. The molecule has 3 aromatic rings. The van der Waals surface area contributed by atoms with Crippen molar-refractivity contribution in [1.29, 1.82) is 0 Å². The number of fused-ring (bicyclic) bond motifs is 2. The fraction of sp³-hybridized carbons (Fsp3) is 0.211. The first kappa shape index (κ1) is 15.3. The van der Waals surface area contributed by atoms with Crippen molar-refractivity contribution in [3.05, 3.63) is 63.8 Å². The Hall–Kier alpha value is -2.27. The number of benzene rings is 2. The first-order valence-electron chi connectivity index (χ1n) is 7.85. The highest BCUT2D eigenvalue weighted by Crippen LogP contribution is 2.33. The highest BCUT2D eigenvalue weighted by atomic mass is 79.9. The molecule has 0 spiro atoms. The van der Waals surface area contributed by atoms with Crippen LogP contribution in [0.25, 0.3) is 11.0 Å². The molecule has 1 aliphatic rings. The Morgan fingerprint density at radius 3 is 2.96 bits per heavy atom. The van der Waals surface area contributed by atoms with Gasteiger partial charge < -0.3 is 14.5 Å². The first-order valence-corrected chi connectivity index (χ1v) is 8.64. The quantitative estimate of drug-likeness (QED) is 0.691. The first-order chi connectivity index (χ1) is 11.6. The smallest absolute Gasteiger partial charge is 0.287 e. The number of amides is 1. The number of nitrogens with one attached hydrogen (secondary N) is 1. The molecule has 0 saturated carbocycles. The van der Waals surface area contributed by atoms with Gasteiger partial charge in [0.15, 0.2) is 5.76 Å². The van der Waals surface area contributed by atoms with Gasteiger partial charge in [-0.05, 0) is 31.2 Å². The molecular weight excluding hydrogens is 370 g/mol. The lowest BCUT2D eigenvalue weighted by Gasteiger charge is -2.26. The maximum absolute atomic E-state index is 12.7. The summed E-state index contributed by atoms with van der Waals surface area (Å²) in [5, 5.41) is 4.03. The summed E-state index contributed by atoms with van der Waals surface area (Å²) < 4.78 is 12.4. The van der Waals surface area contributed by atoms with Crippen molar-refractivity contribution in [3.63, 3.8) is 0 Å². The molecule has 1 amide bonds. The third-order valence-electron chi connectivity index (χ3n) is 4.37. The number of hydrogen-bond acceptors (Lipinski definition) is 3. The van der Waals surface area contributed by atoms with Gasteiger partial charge in [-0.15, -0.1) is 0 Å². The number of halogens is 1. The van der Waals surface area contributed by atoms with Crippen LogP contribution in [0.3, 0.4) is 0 Å². The molecule has 0 aliphatic carbocycles. The molecule has 2 aromatic carbocycles. The molecule has 2 heterocycles. The van der Waals surface area contributed by atoms with Crippen molar-refractivity contribution >= 4 is 32.8 Å². The van der Waals surface area contributed by atoms with Gasteiger partial charge in [0.05, 0.1) is 12.6 Å². The van der Waals surface area contributed by atoms with Crippen molar-refractivity contribution in [2.24, 2.45) is 0 Å². The summed E-state index contributed by atoms with van der Waals surface area (Å²) in [5.41, 5.74) is 2.57. The van der Waals surface area contributed by atoms with E-state index in [2.05, 4.69) is 21.2 Å². The SMILES string of the molecule is Cc1c(C(=O)N[C@H]2CCOc3ccccc32)oc2ccc(Br)cc12. The van der Waals surface area contributed by atoms with Crippen LogP contribution < -0.4 is 10.1 Å². The minimum Gasteiger partial charge on any atom is -0.493 e. The van der Waals surface area contributed by atoms with E-state index in [1.807, 2.05) is 49.4 Å². The Kier molecular flexibility index (Phi) is 3.81. The Morgan fingerprint density at radius 1 is 1.25 bits per heavy atom. The Bertz CT molecular complexity index is 932. The highest BCUT2D eigenvalue weighted by molar-refractivity contribution is 9.10. The molecule has 4 nitrogen and oxygen atoms in total. The van der Waals surface area contributed by atoms with Crippen LogP contribution in [0.5, 0.6) is 5.75 Å². The van der Waals surface area contributed by atoms with Gasteiger partial charge in [-0.25, -0.2) is 0 Å². The number of hydrogen-bond donors (Lipinski definition) is 1. The van der Waals surface area contributed by atoms with E-state index < -0.39 is 0 Å². The van der Waals surface area contributed by atoms with E-state index in [4.69, 9.17) is 9.15 Å². The number of para-hydroxylation sites is 1. The van der Waals surface area contributed by atoms with Crippen LogP contribution in [0.1, 0.15) is 34.1 Å². The zero-order chi connectivity index (χ0) is 16.7. The minimum absolute atomic E-state index is 0.0678. The monoisotopic (exact) mass is 385 g/mol. The Balaban J connectivity index is 1.65. The van der Waals surface area contributed by atoms with E-state index in [0.29, 0.717) is 18.0 Å². The number of aryl methyl sites for hydroxylation is 1. The standard InChI is InChI=1S/C19H16BrNO3/c1-11-14-10-12(20)6-7-17(14)24-18(11)19(22)21-15-8-9-23-16-5-3-2-4-13(15)16/h2-7,10,15H,8-9H2,1H3,(H,21,22)/t15-/m0/s1. The summed E-state index contributed by atoms with van der Waals surface area (Å²) in [5.74, 6) is 1.01. The number of furan rings is 1. The van der Waals surface area contributed by atoms with Gasteiger partial charge in [-0.1, -0.05) is 34.1 Å². The maximum Gasteiger partial charge on any atom is 0.287 e. The lowest BCUT2D eigenvalue weighted by atomic mass is 10.0. The van der Waals surface area contributed by atoms with Gasteiger partial charge in [0.2, 0.25) is 0 Å². The van der Waals surface area contributed by atoms with Crippen molar-refractivity contribution < 1.29 is 13.9 Å². The number of carbonyl (C=O) groups is 1. The van der Waals surface area contributed by atoms with Gasteiger partial charge in [-0.3, -0.25) is 4.79 Å². The molecule has 0 radical (unpaired) electrons. The lowest BCUT2D eigenvalue weighted by Crippen LogP contribution is -2.32. The fourth-order valence-electron chi connectivity index (χ4n) is 3.13. The van der Waals surface area contributed by atoms with E-state index >= 15 is 0 Å². The van der Waals surface area contributed by atoms with Crippen LogP contribution in [-0.4, -0.2) is 12.5 Å². The van der Waals surface area contributed by atoms with Crippen molar-refractivity contribution in [2.45, 2.75) is 19.4 Å². The van der Waals surface area contributed by atoms with Crippen molar-refractivity contribution in [2.75, 3.05) is 6.61 Å². The highest BCUT2D eigenvalue weighted by Gasteiger charge is 2.25. The number of carbonyl (C=O) groups excluding carboxylic acids is 1. The molecule has 24 heavy (non-hydrogen) atoms. The van der Waals surface area contributed by atoms with Crippen molar-refractivity contribution in [1.82, 2.24) is 5.32 Å². The summed E-state index contributed by atoms with van der Waals surface area (Å²) in [6.45, 7) is 2.50. The lowest BCUT2D eigenvalue weighted by molar-refractivity contribution is 0.0898. The summed E-state index contributed by atoms with van der Waals surface area (Å²) in [6, 6.07) is 13.5. The normalized spacial score (nSPS) is 16.5. The van der Waals surface area contributed by atoms with Gasteiger partial charge >= 0.3 is 0 Å². The van der Waals surface area contributed by atoms with Gasteiger partial charge in [0.25, 0.3) is 5.91 Å². The topological polar surface area (TPSA) is 51.5 Å². The second-order valence-electron chi connectivity index (χ2n) is 5.90. The largest absolute Gasteiger partial charge is 0.493 e. The van der Waals surface area contributed by atoms with Gasteiger partial charge in [0.1, 0.15) is 11.3 Å². The molecule has 1 aromatic heterocycles. The predicted molar refractivity (Wildman–Crippen MR) is 95.4 cm³/mol. The maximum atomic E-state index is 12.7. The van der Waals surface area contributed by atoms with E-state index in [0.717, 1.165) is 33.2 Å². The average Bonchev–Trinajstić information content (AvgIpc) is 2.92. The molecule has 4 rings (SSSR count). The van der Waals surface area contributed by atoms with Crippen LogP contribution >= 0.6 is 15.9 Å². The zero-order valence-corrected chi connectivity index (χ0v) is 14.7. The summed E-state index contributed by atoms with van der Waals surface area (Å²) in [7, 11) is 0.